The number of hydrogen-bond acceptors (Lipinski definition) is 3. The number of amides is 1. The van der Waals surface area contributed by atoms with Crippen LogP contribution in [0.1, 0.15) is 24.0 Å². The van der Waals surface area contributed by atoms with Gasteiger partial charge in [-0.2, -0.15) is 0 Å². The van der Waals surface area contributed by atoms with Crippen LogP contribution in [0.2, 0.25) is 0 Å². The number of carbonyl (C=O) groups is 1. The Hall–Kier alpha value is -1.55. The number of nitrogens with one attached hydrogen (secondary N) is 1. The first-order chi connectivity index (χ1) is 8.61. The molecule has 0 saturated heterocycles. The number of hydrogen-bond donors (Lipinski definition) is 2. The van der Waals surface area contributed by atoms with Crippen LogP contribution < -0.4 is 10.1 Å². The van der Waals surface area contributed by atoms with Gasteiger partial charge in [-0.05, 0) is 49.9 Å². The van der Waals surface area contributed by atoms with E-state index in [2.05, 4.69) is 11.4 Å². The van der Waals surface area contributed by atoms with Crippen molar-refractivity contribution in [2.45, 2.75) is 26.7 Å². The Kier molecular flexibility index (Phi) is 6.22. The summed E-state index contributed by atoms with van der Waals surface area (Å²) in [5.74, 6) is 0.588. The summed E-state index contributed by atoms with van der Waals surface area (Å²) < 4.78 is 5.43. The van der Waals surface area contributed by atoms with E-state index in [-0.39, 0.29) is 19.1 Å². The van der Waals surface area contributed by atoms with E-state index >= 15 is 0 Å². The predicted octanol–water partition coefficient (Wildman–Crippen LogP) is 1.57. The van der Waals surface area contributed by atoms with Crippen molar-refractivity contribution in [3.8, 4) is 5.75 Å². The van der Waals surface area contributed by atoms with Gasteiger partial charge in [0.25, 0.3) is 5.91 Å². The topological polar surface area (TPSA) is 58.6 Å². The minimum absolute atomic E-state index is 0.0298. The summed E-state index contributed by atoms with van der Waals surface area (Å²) in [5.41, 5.74) is 2.24. The van der Waals surface area contributed by atoms with Crippen LogP contribution in [0.3, 0.4) is 0 Å². The van der Waals surface area contributed by atoms with Gasteiger partial charge in [-0.25, -0.2) is 0 Å². The van der Waals surface area contributed by atoms with E-state index in [4.69, 9.17) is 9.84 Å². The van der Waals surface area contributed by atoms with Gasteiger partial charge in [-0.15, -0.1) is 0 Å². The molecule has 0 aliphatic rings. The highest BCUT2D eigenvalue weighted by Gasteiger charge is 2.02. The number of carbonyl (C=O) groups excluding carboxylic acids is 1. The van der Waals surface area contributed by atoms with Crippen LogP contribution in [0.15, 0.2) is 18.2 Å². The van der Waals surface area contributed by atoms with Gasteiger partial charge in [0.15, 0.2) is 6.61 Å². The van der Waals surface area contributed by atoms with E-state index in [0.29, 0.717) is 13.0 Å². The van der Waals surface area contributed by atoms with Gasteiger partial charge in [0.05, 0.1) is 0 Å². The van der Waals surface area contributed by atoms with E-state index in [9.17, 15) is 4.79 Å². The molecule has 0 radical (unpaired) electrons. The minimum atomic E-state index is -0.132. The van der Waals surface area contributed by atoms with E-state index in [0.717, 1.165) is 23.3 Å². The average Bonchev–Trinajstić information content (AvgIpc) is 2.31. The van der Waals surface area contributed by atoms with Crippen molar-refractivity contribution in [1.29, 1.82) is 0 Å². The predicted molar refractivity (Wildman–Crippen MR) is 70.7 cm³/mol. The maximum Gasteiger partial charge on any atom is 0.257 e. The third-order valence-corrected chi connectivity index (χ3v) is 2.47. The molecule has 4 heteroatoms. The van der Waals surface area contributed by atoms with E-state index in [1.165, 1.54) is 0 Å². The minimum Gasteiger partial charge on any atom is -0.484 e. The smallest absolute Gasteiger partial charge is 0.257 e. The van der Waals surface area contributed by atoms with Crippen LogP contribution in [-0.2, 0) is 4.79 Å². The standard InChI is InChI=1S/C14H21NO3/c1-11-7-12(2)9-13(8-11)18-10-14(17)15-5-3-4-6-16/h7-9,16H,3-6,10H2,1-2H3,(H,15,17). The first-order valence-electron chi connectivity index (χ1n) is 6.20. The van der Waals surface area contributed by atoms with Gasteiger partial charge in [0, 0.05) is 13.2 Å². The second kappa shape index (κ2) is 7.71. The van der Waals surface area contributed by atoms with Crippen LogP contribution in [0.4, 0.5) is 0 Å². The largest absolute Gasteiger partial charge is 0.484 e. The lowest BCUT2D eigenvalue weighted by Gasteiger charge is -2.08. The third kappa shape index (κ3) is 5.68. The second-order valence-corrected chi connectivity index (χ2v) is 4.39. The zero-order valence-corrected chi connectivity index (χ0v) is 11.0. The summed E-state index contributed by atoms with van der Waals surface area (Å²) in [6.45, 7) is 4.76. The fourth-order valence-corrected chi connectivity index (χ4v) is 1.68. The molecule has 0 bridgehead atoms. The summed E-state index contributed by atoms with van der Waals surface area (Å²) in [7, 11) is 0. The van der Waals surface area contributed by atoms with Crippen LogP contribution in [0.25, 0.3) is 0 Å². The molecular weight excluding hydrogens is 230 g/mol. The van der Waals surface area contributed by atoms with Gasteiger partial charge in [-0.1, -0.05) is 6.07 Å². The van der Waals surface area contributed by atoms with Gasteiger partial charge in [0.2, 0.25) is 0 Å². The molecule has 0 aromatic heterocycles. The zero-order valence-electron chi connectivity index (χ0n) is 11.0. The molecule has 2 N–H and O–H groups in total. The number of aryl methyl sites for hydroxylation is 2. The van der Waals surface area contributed by atoms with Crippen LogP contribution in [0.5, 0.6) is 5.75 Å². The number of aliphatic hydroxyl groups is 1. The highest BCUT2D eigenvalue weighted by Crippen LogP contribution is 2.15. The Morgan fingerprint density at radius 2 is 1.89 bits per heavy atom. The molecule has 1 aromatic rings. The van der Waals surface area contributed by atoms with Crippen molar-refractivity contribution in [3.63, 3.8) is 0 Å². The summed E-state index contributed by atoms with van der Waals surface area (Å²) in [5, 5.41) is 11.3. The molecule has 0 saturated carbocycles. The first kappa shape index (κ1) is 14.5. The van der Waals surface area contributed by atoms with Gasteiger partial charge in [0.1, 0.15) is 5.75 Å². The summed E-state index contributed by atoms with van der Waals surface area (Å²) in [4.78, 5) is 11.5. The molecule has 0 fully saturated rings. The number of aliphatic hydroxyl groups excluding tert-OH is 1. The van der Waals surface area contributed by atoms with Crippen LogP contribution in [-0.4, -0.2) is 30.8 Å². The molecular formula is C14H21NO3. The zero-order chi connectivity index (χ0) is 13.4. The van der Waals surface area contributed by atoms with Crippen molar-refractivity contribution < 1.29 is 14.6 Å². The summed E-state index contributed by atoms with van der Waals surface area (Å²) >= 11 is 0. The molecule has 4 nitrogen and oxygen atoms in total. The Morgan fingerprint density at radius 3 is 2.50 bits per heavy atom. The normalized spacial score (nSPS) is 10.2. The lowest BCUT2D eigenvalue weighted by Crippen LogP contribution is -2.29. The van der Waals surface area contributed by atoms with E-state index in [1.807, 2.05) is 26.0 Å². The molecule has 0 aliphatic carbocycles. The van der Waals surface area contributed by atoms with Gasteiger partial charge < -0.3 is 15.2 Å². The molecule has 0 aliphatic heterocycles. The van der Waals surface area contributed by atoms with Gasteiger partial charge in [-0.3, -0.25) is 4.79 Å². The third-order valence-electron chi connectivity index (χ3n) is 2.47. The van der Waals surface area contributed by atoms with Crippen LogP contribution >= 0.6 is 0 Å². The molecule has 1 rings (SSSR count). The molecule has 0 unspecified atom stereocenters. The van der Waals surface area contributed by atoms with Gasteiger partial charge >= 0.3 is 0 Å². The highest BCUT2D eigenvalue weighted by molar-refractivity contribution is 5.77. The Balaban J connectivity index is 2.29. The maximum atomic E-state index is 11.5. The monoisotopic (exact) mass is 251 g/mol. The fourth-order valence-electron chi connectivity index (χ4n) is 1.68. The fraction of sp³-hybridized carbons (Fsp3) is 0.500. The molecule has 0 spiro atoms. The quantitative estimate of drug-likeness (QED) is 0.723. The SMILES string of the molecule is Cc1cc(C)cc(OCC(=O)NCCCCO)c1. The lowest BCUT2D eigenvalue weighted by atomic mass is 10.1. The lowest BCUT2D eigenvalue weighted by molar-refractivity contribution is -0.123. The Labute approximate surface area is 108 Å². The van der Waals surface area contributed by atoms with Crippen LogP contribution in [0, 0.1) is 13.8 Å². The van der Waals surface area contributed by atoms with Crippen molar-refractivity contribution in [2.75, 3.05) is 19.8 Å². The highest BCUT2D eigenvalue weighted by atomic mass is 16.5. The molecule has 0 heterocycles. The number of benzene rings is 1. The number of ether oxygens (including phenoxy) is 1. The first-order valence-corrected chi connectivity index (χ1v) is 6.20. The number of unbranched alkanes of at least 4 members (excludes halogenated alkanes) is 1. The molecule has 18 heavy (non-hydrogen) atoms. The van der Waals surface area contributed by atoms with Crippen molar-refractivity contribution >= 4 is 5.91 Å². The Bertz CT molecular complexity index is 370. The number of rotatable bonds is 7. The molecule has 0 atom stereocenters. The van der Waals surface area contributed by atoms with E-state index in [1.54, 1.807) is 0 Å². The Morgan fingerprint density at radius 1 is 1.22 bits per heavy atom. The summed E-state index contributed by atoms with van der Waals surface area (Å²) in [6, 6.07) is 5.87. The molecule has 1 amide bonds. The van der Waals surface area contributed by atoms with Crippen molar-refractivity contribution in [1.82, 2.24) is 5.32 Å². The van der Waals surface area contributed by atoms with Crippen molar-refractivity contribution in [3.05, 3.63) is 29.3 Å². The maximum absolute atomic E-state index is 11.5. The van der Waals surface area contributed by atoms with Crippen molar-refractivity contribution in [2.24, 2.45) is 0 Å². The average molecular weight is 251 g/mol. The molecule has 1 aromatic carbocycles. The summed E-state index contributed by atoms with van der Waals surface area (Å²) in [6.07, 6.45) is 1.49. The van der Waals surface area contributed by atoms with E-state index < -0.39 is 0 Å². The molecule has 100 valence electrons. The second-order valence-electron chi connectivity index (χ2n) is 4.39.